The Hall–Kier alpha value is -3.85. The summed E-state index contributed by atoms with van der Waals surface area (Å²) in [6.07, 6.45) is 3.00. The molecular formula is C26H26CoN2O8S2+6. The van der Waals surface area contributed by atoms with Gasteiger partial charge in [0.2, 0.25) is 0 Å². The smallest absolute Gasteiger partial charge is 0.593 e. The van der Waals surface area contributed by atoms with Crippen LogP contribution >= 0.6 is 0 Å². The number of hydrogen-bond acceptors (Lipinski definition) is 4. The predicted octanol–water partition coefficient (Wildman–Crippen LogP) is 4.56. The molecule has 0 spiro atoms. The van der Waals surface area contributed by atoms with E-state index in [2.05, 4.69) is 9.98 Å². The summed E-state index contributed by atoms with van der Waals surface area (Å²) in [5, 5.41) is 15.4. The van der Waals surface area contributed by atoms with Gasteiger partial charge in [-0.2, -0.15) is 8.42 Å². The van der Waals surface area contributed by atoms with E-state index in [9.17, 15) is 8.42 Å². The molecule has 2 atom stereocenters. The third-order valence-corrected chi connectivity index (χ3v) is 6.62. The molecule has 0 bridgehead atoms. The van der Waals surface area contributed by atoms with Gasteiger partial charge < -0.3 is 10.2 Å². The molecule has 39 heavy (non-hydrogen) atoms. The largest absolute Gasteiger partial charge is 2.00 e. The molecule has 0 heterocycles. The molecule has 0 amide bonds. The number of nitrogens with zero attached hydrogens (tertiary/aromatic N) is 2. The molecule has 10 nitrogen and oxygen atoms in total. The maximum absolute atomic E-state index is 11.0. The average Bonchev–Trinajstić information content (AvgIpc) is 2.88. The molecule has 0 saturated heterocycles. The van der Waals surface area contributed by atoms with E-state index in [1.165, 1.54) is 36.7 Å². The van der Waals surface area contributed by atoms with Gasteiger partial charge in [-0.25, -0.2) is 9.11 Å². The fourth-order valence-electron chi connectivity index (χ4n) is 2.94. The van der Waals surface area contributed by atoms with E-state index in [1.54, 1.807) is 0 Å². The molecule has 0 aliphatic rings. The normalized spacial score (nSPS) is 14.0. The monoisotopic (exact) mass is 617 g/mol. The number of aliphatic imine (C=N–C) groups is 2. The van der Waals surface area contributed by atoms with Crippen LogP contribution in [0.5, 0.6) is 11.5 Å². The third kappa shape index (κ3) is 9.75. The Bertz CT molecular complexity index is 1550. The molecule has 0 saturated carbocycles. The fraction of sp³-hybridized carbons (Fsp3) is 0. The molecule has 4 aromatic carbocycles. The molecule has 0 aliphatic carbocycles. The number of rotatable bonds is 6. The molecule has 8 N–H and O–H groups in total. The summed E-state index contributed by atoms with van der Waals surface area (Å²) in [5.41, 5.74) is 2.49. The predicted molar refractivity (Wildman–Crippen MR) is 148 cm³/mol. The summed E-state index contributed by atoms with van der Waals surface area (Å²) in [6.45, 7) is 0. The van der Waals surface area contributed by atoms with Crippen molar-refractivity contribution in [2.24, 2.45) is 9.98 Å². The van der Waals surface area contributed by atoms with Crippen LogP contribution in [0, 0.1) is 0 Å². The van der Waals surface area contributed by atoms with Gasteiger partial charge >= 0.3 is 37.0 Å². The zero-order valence-electron chi connectivity index (χ0n) is 20.0. The Morgan fingerprint density at radius 2 is 0.949 bits per heavy atom. The number of para-hydroxylation sites is 2. The SMILES string of the molecule is O=S(O)(=[OH+])c1ccc(C=Nc2ccccc2)c([OH2+])c1.O=S(O)(=[OH+])c1ccc(C=Nc2ccccc2)c([OH2+])c1.[Co+2]. The molecule has 4 rings (SSSR count). The Morgan fingerprint density at radius 3 is 1.23 bits per heavy atom. The molecule has 0 aromatic heterocycles. The van der Waals surface area contributed by atoms with Crippen LogP contribution in [0.4, 0.5) is 11.4 Å². The van der Waals surface area contributed by atoms with Crippen LogP contribution in [0.3, 0.4) is 0 Å². The van der Waals surface area contributed by atoms with Crippen LogP contribution in [0.2, 0.25) is 0 Å². The van der Waals surface area contributed by atoms with Crippen LogP contribution in [-0.4, -0.2) is 48.6 Å². The van der Waals surface area contributed by atoms with E-state index in [4.69, 9.17) is 27.7 Å². The molecule has 0 aliphatic heterocycles. The van der Waals surface area contributed by atoms with Crippen molar-refractivity contribution < 1.29 is 52.9 Å². The molecule has 13 heteroatoms. The van der Waals surface area contributed by atoms with Gasteiger partial charge in [0.05, 0.1) is 34.6 Å². The first-order valence-electron chi connectivity index (χ1n) is 10.8. The third-order valence-electron chi connectivity index (χ3n) is 4.88. The summed E-state index contributed by atoms with van der Waals surface area (Å²) < 4.78 is 58.0. The molecular weight excluding hydrogens is 591 g/mol. The summed E-state index contributed by atoms with van der Waals surface area (Å²) >= 11 is 0. The maximum Gasteiger partial charge on any atom is 2.00 e. The summed E-state index contributed by atoms with van der Waals surface area (Å²) in [5.74, 6) is 0.0426. The zero-order chi connectivity index (χ0) is 27.8. The van der Waals surface area contributed by atoms with Crippen molar-refractivity contribution in [3.63, 3.8) is 0 Å². The maximum atomic E-state index is 11.0. The Kier molecular flexibility index (Phi) is 11.1. The molecule has 203 valence electrons. The van der Waals surface area contributed by atoms with Crippen LogP contribution in [0.25, 0.3) is 0 Å². The Labute approximate surface area is 235 Å². The summed E-state index contributed by atoms with van der Waals surface area (Å²) in [7, 11) is -8.05. The number of hydrogen-bond donors (Lipinski definition) is 2. The van der Waals surface area contributed by atoms with Crippen LogP contribution in [0.15, 0.2) is 117 Å². The van der Waals surface area contributed by atoms with E-state index >= 15 is 0 Å². The second-order valence-electron chi connectivity index (χ2n) is 7.68. The zero-order valence-corrected chi connectivity index (χ0v) is 22.7. The standard InChI is InChI=1S/2C13H11NO4S.Co/c2*15-13-8-12(19(16,17)18)7-6-10(13)9-14-11-4-2-1-3-5-11;/h2*1-9,15H,(H,16,17,18);/q;;+2/p+4. The van der Waals surface area contributed by atoms with Crippen molar-refractivity contribution in [1.82, 2.24) is 0 Å². The van der Waals surface area contributed by atoms with Gasteiger partial charge in [0.1, 0.15) is 0 Å². The van der Waals surface area contributed by atoms with Gasteiger partial charge in [-0.05, 0) is 48.5 Å². The van der Waals surface area contributed by atoms with Gasteiger partial charge in [0, 0.05) is 12.4 Å². The van der Waals surface area contributed by atoms with E-state index in [0.717, 1.165) is 23.5 Å². The van der Waals surface area contributed by atoms with Crippen molar-refractivity contribution in [3.05, 3.63) is 108 Å². The van der Waals surface area contributed by atoms with Crippen molar-refractivity contribution >= 4 is 44.0 Å². The van der Waals surface area contributed by atoms with Gasteiger partial charge in [-0.15, -0.1) is 8.42 Å². The van der Waals surface area contributed by atoms with Gasteiger partial charge in [-0.1, -0.05) is 36.4 Å². The second-order valence-corrected chi connectivity index (χ2v) is 10.6. The Morgan fingerprint density at radius 1 is 0.615 bits per heavy atom. The van der Waals surface area contributed by atoms with Crippen molar-refractivity contribution in [1.29, 1.82) is 0 Å². The second kappa shape index (κ2) is 13.8. The summed E-state index contributed by atoms with van der Waals surface area (Å²) in [4.78, 5) is 8.00. The van der Waals surface area contributed by atoms with Crippen LogP contribution < -0.4 is 0 Å². The van der Waals surface area contributed by atoms with E-state index in [1.807, 2.05) is 60.7 Å². The molecule has 2 unspecified atom stereocenters. The van der Waals surface area contributed by atoms with Gasteiger partial charge in [0.15, 0.2) is 9.79 Å². The molecule has 4 aromatic rings. The van der Waals surface area contributed by atoms with Crippen LogP contribution in [0.1, 0.15) is 11.1 Å². The molecule has 0 fully saturated rings. The minimum atomic E-state index is -4.02. The summed E-state index contributed by atoms with van der Waals surface area (Å²) in [6, 6.07) is 26.3. The minimum Gasteiger partial charge on any atom is -0.593 e. The number of benzene rings is 4. The van der Waals surface area contributed by atoms with Crippen molar-refractivity contribution in [2.75, 3.05) is 0 Å². The van der Waals surface area contributed by atoms with E-state index < -0.39 is 20.2 Å². The molecule has 1 radical (unpaired) electrons. The van der Waals surface area contributed by atoms with Crippen molar-refractivity contribution in [3.8, 4) is 11.5 Å². The van der Waals surface area contributed by atoms with Crippen molar-refractivity contribution in [2.45, 2.75) is 9.79 Å². The minimum absolute atomic E-state index is 0. The first-order valence-corrected chi connectivity index (χ1v) is 13.8. The fourth-order valence-corrected chi connectivity index (χ4v) is 3.98. The first-order chi connectivity index (χ1) is 17.9. The average molecular weight is 618 g/mol. The van der Waals surface area contributed by atoms with Gasteiger partial charge in [0.25, 0.3) is 11.5 Å². The van der Waals surface area contributed by atoms with Crippen LogP contribution in [-0.2, 0) is 37.0 Å². The first kappa shape index (κ1) is 31.4. The topological polar surface area (TPSA) is 188 Å². The van der Waals surface area contributed by atoms with E-state index in [-0.39, 0.29) is 38.1 Å². The van der Waals surface area contributed by atoms with Gasteiger partial charge in [-0.3, -0.25) is 9.98 Å². The Balaban J connectivity index is 0.000000267. The van der Waals surface area contributed by atoms with E-state index in [0.29, 0.717) is 11.1 Å². The quantitative estimate of drug-likeness (QED) is 0.182.